The van der Waals surface area contributed by atoms with Gasteiger partial charge in [0.1, 0.15) is 5.82 Å². The maximum atomic E-state index is 13.0. The fourth-order valence-electron chi connectivity index (χ4n) is 3.77. The lowest BCUT2D eigenvalue weighted by Gasteiger charge is -2.27. The molecule has 4 N–H and O–H groups in total. The first-order chi connectivity index (χ1) is 13.0. The van der Waals surface area contributed by atoms with Crippen LogP contribution < -0.4 is 16.4 Å². The van der Waals surface area contributed by atoms with E-state index in [0.717, 1.165) is 37.2 Å². The van der Waals surface area contributed by atoms with E-state index in [1.165, 1.54) is 0 Å². The van der Waals surface area contributed by atoms with Gasteiger partial charge in [0.05, 0.1) is 11.3 Å². The van der Waals surface area contributed by atoms with Gasteiger partial charge in [-0.2, -0.15) is 0 Å². The second kappa shape index (κ2) is 7.39. The largest absolute Gasteiger partial charge is 0.365 e. The van der Waals surface area contributed by atoms with Crippen LogP contribution in [0.2, 0.25) is 0 Å². The van der Waals surface area contributed by atoms with Gasteiger partial charge in [0.15, 0.2) is 5.65 Å². The van der Waals surface area contributed by atoms with E-state index in [4.69, 9.17) is 10.7 Å². The lowest BCUT2D eigenvalue weighted by molar-refractivity contribution is 0.0927. The van der Waals surface area contributed by atoms with Gasteiger partial charge in [-0.05, 0) is 58.6 Å². The smallest absolute Gasteiger partial charge is 0.255 e. The minimum Gasteiger partial charge on any atom is -0.365 e. The van der Waals surface area contributed by atoms with E-state index in [-0.39, 0.29) is 28.9 Å². The Morgan fingerprint density at radius 3 is 2.36 bits per heavy atom. The number of nitrogens with two attached hydrogens (primary N) is 1. The Labute approximate surface area is 168 Å². The third-order valence-corrected chi connectivity index (χ3v) is 5.21. The Kier molecular flexibility index (Phi) is 5.45. The maximum absolute atomic E-state index is 13.0. The van der Waals surface area contributed by atoms with E-state index in [0.29, 0.717) is 11.2 Å². The Hall–Kier alpha value is -2.08. The molecule has 0 atom stereocenters. The fourth-order valence-corrected chi connectivity index (χ4v) is 3.77. The SMILES string of the molecule is CC(C)(C)Nc1c(C(C)(C)C)nc2c(C(=O)NC3CCC(N)CC3)cccn12. The van der Waals surface area contributed by atoms with Crippen molar-refractivity contribution in [2.45, 2.75) is 90.3 Å². The summed E-state index contributed by atoms with van der Waals surface area (Å²) in [7, 11) is 0. The minimum absolute atomic E-state index is 0.0566. The number of fused-ring (bicyclic) bond motifs is 1. The number of carbonyl (C=O) groups is 1. The lowest BCUT2D eigenvalue weighted by Crippen LogP contribution is -2.40. The minimum atomic E-state index is -0.146. The zero-order valence-electron chi connectivity index (χ0n) is 18.1. The molecule has 2 aromatic heterocycles. The summed E-state index contributed by atoms with van der Waals surface area (Å²) in [6, 6.07) is 4.24. The molecule has 0 bridgehead atoms. The molecule has 0 saturated heterocycles. The molecule has 6 heteroatoms. The summed E-state index contributed by atoms with van der Waals surface area (Å²) in [5.74, 6) is 0.895. The van der Waals surface area contributed by atoms with E-state index in [2.05, 4.69) is 52.2 Å². The molecule has 3 rings (SSSR count). The van der Waals surface area contributed by atoms with Crippen LogP contribution in [0.3, 0.4) is 0 Å². The Balaban J connectivity index is 1.99. The van der Waals surface area contributed by atoms with Crippen LogP contribution in [0.1, 0.15) is 83.3 Å². The molecule has 1 fully saturated rings. The molecule has 0 unspecified atom stereocenters. The van der Waals surface area contributed by atoms with E-state index in [1.54, 1.807) is 0 Å². The van der Waals surface area contributed by atoms with Crippen LogP contribution in [-0.2, 0) is 5.41 Å². The molecule has 6 nitrogen and oxygen atoms in total. The predicted molar refractivity (Wildman–Crippen MR) is 115 cm³/mol. The number of carbonyl (C=O) groups excluding carboxylic acids is 1. The third-order valence-electron chi connectivity index (χ3n) is 5.21. The molecule has 0 radical (unpaired) electrons. The van der Waals surface area contributed by atoms with E-state index >= 15 is 0 Å². The number of rotatable bonds is 3. The van der Waals surface area contributed by atoms with Crippen molar-refractivity contribution in [3.8, 4) is 0 Å². The predicted octanol–water partition coefficient (Wildman–Crippen LogP) is 3.84. The number of imidazole rings is 1. The van der Waals surface area contributed by atoms with Gasteiger partial charge in [0, 0.05) is 29.2 Å². The monoisotopic (exact) mass is 385 g/mol. The summed E-state index contributed by atoms with van der Waals surface area (Å²) < 4.78 is 2.01. The van der Waals surface area contributed by atoms with Crippen LogP contribution in [0.15, 0.2) is 18.3 Å². The van der Waals surface area contributed by atoms with E-state index < -0.39 is 0 Å². The summed E-state index contributed by atoms with van der Waals surface area (Å²) in [5, 5.41) is 6.78. The molecule has 2 heterocycles. The first-order valence-electron chi connectivity index (χ1n) is 10.3. The highest BCUT2D eigenvalue weighted by Gasteiger charge is 2.28. The van der Waals surface area contributed by atoms with Gasteiger partial charge in [0.2, 0.25) is 0 Å². The van der Waals surface area contributed by atoms with Gasteiger partial charge >= 0.3 is 0 Å². The zero-order valence-corrected chi connectivity index (χ0v) is 18.1. The second-order valence-corrected chi connectivity index (χ2v) is 10.1. The average Bonchev–Trinajstić information content (AvgIpc) is 2.94. The van der Waals surface area contributed by atoms with Crippen LogP contribution in [0.25, 0.3) is 5.65 Å². The second-order valence-electron chi connectivity index (χ2n) is 10.1. The summed E-state index contributed by atoms with van der Waals surface area (Å²) in [5.41, 5.74) is 8.01. The van der Waals surface area contributed by atoms with Crippen molar-refractivity contribution in [2.24, 2.45) is 5.73 Å². The number of nitrogens with zero attached hydrogens (tertiary/aromatic N) is 2. The first-order valence-corrected chi connectivity index (χ1v) is 10.3. The highest BCUT2D eigenvalue weighted by atomic mass is 16.1. The lowest BCUT2D eigenvalue weighted by atomic mass is 9.91. The molecular weight excluding hydrogens is 350 g/mol. The van der Waals surface area contributed by atoms with Crippen LogP contribution >= 0.6 is 0 Å². The topological polar surface area (TPSA) is 84.5 Å². The van der Waals surface area contributed by atoms with Gasteiger partial charge in [0.25, 0.3) is 5.91 Å². The number of amides is 1. The molecule has 0 spiro atoms. The van der Waals surface area contributed by atoms with Crippen molar-refractivity contribution in [2.75, 3.05) is 5.32 Å². The molecule has 28 heavy (non-hydrogen) atoms. The molecule has 1 aliphatic carbocycles. The summed E-state index contributed by atoms with van der Waals surface area (Å²) in [4.78, 5) is 18.0. The van der Waals surface area contributed by atoms with Crippen LogP contribution in [0.5, 0.6) is 0 Å². The van der Waals surface area contributed by atoms with Gasteiger partial charge in [-0.3, -0.25) is 9.20 Å². The average molecular weight is 386 g/mol. The number of nitrogens with one attached hydrogen (secondary N) is 2. The molecule has 1 saturated carbocycles. The highest BCUT2D eigenvalue weighted by Crippen LogP contribution is 2.32. The number of aromatic nitrogens is 2. The number of anilines is 1. The van der Waals surface area contributed by atoms with Gasteiger partial charge < -0.3 is 16.4 Å². The van der Waals surface area contributed by atoms with E-state index in [1.807, 2.05) is 22.7 Å². The Morgan fingerprint density at radius 1 is 1.14 bits per heavy atom. The Bertz CT molecular complexity index is 848. The summed E-state index contributed by atoms with van der Waals surface area (Å²) in [6.07, 6.45) is 5.78. The number of pyridine rings is 1. The van der Waals surface area contributed by atoms with Crippen LogP contribution in [-0.4, -0.2) is 32.9 Å². The quantitative estimate of drug-likeness (QED) is 0.749. The van der Waals surface area contributed by atoms with Crippen molar-refractivity contribution >= 4 is 17.4 Å². The third kappa shape index (κ3) is 4.49. The highest BCUT2D eigenvalue weighted by molar-refractivity contribution is 6.00. The molecule has 154 valence electrons. The zero-order chi connectivity index (χ0) is 20.7. The molecule has 0 aliphatic heterocycles. The Morgan fingerprint density at radius 2 is 1.79 bits per heavy atom. The standard InChI is InChI=1S/C22H35N5O/c1-21(2,3)17-19(26-22(4,5)6)27-13-7-8-16(18(27)25-17)20(28)24-15-11-9-14(23)10-12-15/h7-8,13-15,26H,9-12,23H2,1-6H3,(H,24,28). The van der Waals surface area contributed by atoms with Crippen molar-refractivity contribution in [3.63, 3.8) is 0 Å². The molecule has 1 aliphatic rings. The molecular formula is C22H35N5O. The van der Waals surface area contributed by atoms with E-state index in [9.17, 15) is 4.79 Å². The molecule has 1 amide bonds. The van der Waals surface area contributed by atoms with Crippen molar-refractivity contribution in [3.05, 3.63) is 29.6 Å². The maximum Gasteiger partial charge on any atom is 0.255 e. The number of hydrogen-bond donors (Lipinski definition) is 3. The summed E-state index contributed by atoms with van der Waals surface area (Å²) in [6.45, 7) is 12.8. The first kappa shape index (κ1) is 20.6. The van der Waals surface area contributed by atoms with Crippen LogP contribution in [0, 0.1) is 0 Å². The normalized spacial score (nSPS) is 21.0. The fraction of sp³-hybridized carbons (Fsp3) is 0.636. The van der Waals surface area contributed by atoms with Crippen molar-refractivity contribution in [1.29, 1.82) is 0 Å². The molecule has 0 aromatic carbocycles. The molecule has 2 aromatic rings. The van der Waals surface area contributed by atoms with Gasteiger partial charge in [-0.1, -0.05) is 20.8 Å². The van der Waals surface area contributed by atoms with Gasteiger partial charge in [-0.15, -0.1) is 0 Å². The summed E-state index contributed by atoms with van der Waals surface area (Å²) >= 11 is 0. The van der Waals surface area contributed by atoms with Gasteiger partial charge in [-0.25, -0.2) is 4.98 Å². The van der Waals surface area contributed by atoms with Crippen molar-refractivity contribution in [1.82, 2.24) is 14.7 Å². The van der Waals surface area contributed by atoms with Crippen LogP contribution in [0.4, 0.5) is 5.82 Å². The van der Waals surface area contributed by atoms with Crippen molar-refractivity contribution < 1.29 is 4.79 Å². The number of hydrogen-bond acceptors (Lipinski definition) is 4.